The maximum Gasteiger partial charge on any atom is 0.119 e. The summed E-state index contributed by atoms with van der Waals surface area (Å²) in [5.74, 6) is 1.66. The molecule has 1 saturated heterocycles. The van der Waals surface area contributed by atoms with Crippen molar-refractivity contribution in [1.29, 1.82) is 0 Å². The third-order valence-corrected chi connectivity index (χ3v) is 3.37. The first-order valence-electron chi connectivity index (χ1n) is 6.40. The van der Waals surface area contributed by atoms with Crippen LogP contribution in [0.3, 0.4) is 0 Å². The zero-order valence-electron chi connectivity index (χ0n) is 10.6. The number of rotatable bonds is 5. The molecular weight excluding hydrogens is 212 g/mol. The molecular formula is C14H22N2O. The average Bonchev–Trinajstić information content (AvgIpc) is 2.77. The summed E-state index contributed by atoms with van der Waals surface area (Å²) in [6.45, 7) is 6.96. The number of ether oxygens (including phenoxy) is 1. The number of likely N-dealkylation sites (tertiary alicyclic amines) is 1. The van der Waals surface area contributed by atoms with Gasteiger partial charge in [-0.2, -0.15) is 0 Å². The molecule has 1 aromatic carbocycles. The summed E-state index contributed by atoms with van der Waals surface area (Å²) in [5.41, 5.74) is 6.92. The number of hydrogen-bond acceptors (Lipinski definition) is 3. The van der Waals surface area contributed by atoms with Gasteiger partial charge in [-0.3, -0.25) is 4.90 Å². The molecule has 3 heteroatoms. The van der Waals surface area contributed by atoms with E-state index in [1.165, 1.54) is 18.5 Å². The Morgan fingerprint density at radius 2 is 2.35 bits per heavy atom. The van der Waals surface area contributed by atoms with Crippen molar-refractivity contribution >= 4 is 0 Å². The summed E-state index contributed by atoms with van der Waals surface area (Å²) in [5, 5.41) is 0. The van der Waals surface area contributed by atoms with E-state index in [1.54, 1.807) is 0 Å². The van der Waals surface area contributed by atoms with Crippen LogP contribution in [0.15, 0.2) is 24.3 Å². The molecule has 0 spiro atoms. The van der Waals surface area contributed by atoms with E-state index in [0.29, 0.717) is 5.92 Å². The predicted molar refractivity (Wildman–Crippen MR) is 70.3 cm³/mol. The second-order valence-corrected chi connectivity index (χ2v) is 4.86. The summed E-state index contributed by atoms with van der Waals surface area (Å²) in [7, 11) is 0. The minimum atomic E-state index is 0.689. The Hall–Kier alpha value is -1.06. The Kier molecular flexibility index (Phi) is 4.40. The standard InChI is InChI=1S/C14H22N2O/c1-12-3-2-4-14(9-12)17-8-7-16-6-5-13(10-15)11-16/h2-4,9,13H,5-8,10-11,15H2,1H3. The Labute approximate surface area is 104 Å². The van der Waals surface area contributed by atoms with Crippen molar-refractivity contribution in [1.82, 2.24) is 4.90 Å². The van der Waals surface area contributed by atoms with Crippen LogP contribution in [0.2, 0.25) is 0 Å². The summed E-state index contributed by atoms with van der Waals surface area (Å²) < 4.78 is 5.74. The summed E-state index contributed by atoms with van der Waals surface area (Å²) in [6, 6.07) is 8.20. The zero-order valence-corrected chi connectivity index (χ0v) is 10.6. The lowest BCUT2D eigenvalue weighted by molar-refractivity contribution is 0.233. The fourth-order valence-corrected chi connectivity index (χ4v) is 2.31. The molecule has 1 aliphatic heterocycles. The Morgan fingerprint density at radius 1 is 1.47 bits per heavy atom. The Bertz CT molecular complexity index is 354. The first-order chi connectivity index (χ1) is 8.28. The van der Waals surface area contributed by atoms with Crippen LogP contribution in [0.25, 0.3) is 0 Å². The van der Waals surface area contributed by atoms with E-state index in [4.69, 9.17) is 10.5 Å². The van der Waals surface area contributed by atoms with Crippen molar-refractivity contribution in [3.05, 3.63) is 29.8 Å². The number of nitrogens with two attached hydrogens (primary N) is 1. The van der Waals surface area contributed by atoms with E-state index in [0.717, 1.165) is 32.0 Å². The van der Waals surface area contributed by atoms with Gasteiger partial charge in [0.15, 0.2) is 0 Å². The normalized spacial score (nSPS) is 20.7. The van der Waals surface area contributed by atoms with Gasteiger partial charge in [-0.05, 0) is 50.0 Å². The highest BCUT2D eigenvalue weighted by atomic mass is 16.5. The van der Waals surface area contributed by atoms with Gasteiger partial charge in [0.1, 0.15) is 12.4 Å². The van der Waals surface area contributed by atoms with E-state index in [1.807, 2.05) is 12.1 Å². The first kappa shape index (κ1) is 12.4. The molecule has 1 aliphatic rings. The van der Waals surface area contributed by atoms with Crippen molar-refractivity contribution in [3.8, 4) is 5.75 Å². The average molecular weight is 234 g/mol. The van der Waals surface area contributed by atoms with Crippen LogP contribution in [0, 0.1) is 12.8 Å². The second kappa shape index (κ2) is 6.03. The van der Waals surface area contributed by atoms with Gasteiger partial charge in [0.2, 0.25) is 0 Å². The fourth-order valence-electron chi connectivity index (χ4n) is 2.31. The van der Waals surface area contributed by atoms with Crippen LogP contribution in [-0.2, 0) is 0 Å². The van der Waals surface area contributed by atoms with E-state index in [2.05, 4.69) is 24.0 Å². The van der Waals surface area contributed by atoms with Gasteiger partial charge < -0.3 is 10.5 Å². The summed E-state index contributed by atoms with van der Waals surface area (Å²) in [4.78, 5) is 2.44. The zero-order chi connectivity index (χ0) is 12.1. The van der Waals surface area contributed by atoms with Gasteiger partial charge in [0, 0.05) is 13.1 Å². The largest absolute Gasteiger partial charge is 0.492 e. The third kappa shape index (κ3) is 3.72. The maximum absolute atomic E-state index is 5.74. The summed E-state index contributed by atoms with van der Waals surface area (Å²) >= 11 is 0. The SMILES string of the molecule is Cc1cccc(OCCN2CCC(CN)C2)c1. The van der Waals surface area contributed by atoms with Crippen molar-refractivity contribution in [2.24, 2.45) is 11.7 Å². The number of hydrogen-bond donors (Lipinski definition) is 1. The molecule has 1 fully saturated rings. The van der Waals surface area contributed by atoms with E-state index >= 15 is 0 Å². The minimum absolute atomic E-state index is 0.689. The quantitative estimate of drug-likeness (QED) is 0.842. The lowest BCUT2D eigenvalue weighted by Gasteiger charge is -2.16. The van der Waals surface area contributed by atoms with E-state index in [-0.39, 0.29) is 0 Å². The van der Waals surface area contributed by atoms with Gasteiger partial charge in [0.25, 0.3) is 0 Å². The van der Waals surface area contributed by atoms with Crippen LogP contribution in [-0.4, -0.2) is 37.7 Å². The van der Waals surface area contributed by atoms with Gasteiger partial charge >= 0.3 is 0 Å². The molecule has 94 valence electrons. The molecule has 0 saturated carbocycles. The molecule has 1 aromatic rings. The summed E-state index contributed by atoms with van der Waals surface area (Å²) in [6.07, 6.45) is 1.24. The fraction of sp³-hybridized carbons (Fsp3) is 0.571. The van der Waals surface area contributed by atoms with Crippen molar-refractivity contribution in [2.75, 3.05) is 32.8 Å². The minimum Gasteiger partial charge on any atom is -0.492 e. The van der Waals surface area contributed by atoms with Gasteiger partial charge in [-0.25, -0.2) is 0 Å². The van der Waals surface area contributed by atoms with Crippen LogP contribution < -0.4 is 10.5 Å². The van der Waals surface area contributed by atoms with Crippen LogP contribution in [0.1, 0.15) is 12.0 Å². The molecule has 0 radical (unpaired) electrons. The lowest BCUT2D eigenvalue weighted by Crippen LogP contribution is -2.27. The van der Waals surface area contributed by atoms with Gasteiger partial charge in [-0.15, -0.1) is 0 Å². The molecule has 1 unspecified atom stereocenters. The molecule has 0 aliphatic carbocycles. The molecule has 0 bridgehead atoms. The molecule has 2 N–H and O–H groups in total. The molecule has 3 nitrogen and oxygen atoms in total. The number of nitrogens with zero attached hydrogens (tertiary/aromatic N) is 1. The van der Waals surface area contributed by atoms with Crippen LogP contribution in [0.4, 0.5) is 0 Å². The molecule has 1 atom stereocenters. The van der Waals surface area contributed by atoms with E-state index in [9.17, 15) is 0 Å². The van der Waals surface area contributed by atoms with Crippen LogP contribution >= 0.6 is 0 Å². The monoisotopic (exact) mass is 234 g/mol. The maximum atomic E-state index is 5.74. The van der Waals surface area contributed by atoms with Gasteiger partial charge in [0.05, 0.1) is 0 Å². The highest BCUT2D eigenvalue weighted by Crippen LogP contribution is 2.15. The highest BCUT2D eigenvalue weighted by Gasteiger charge is 2.20. The first-order valence-corrected chi connectivity index (χ1v) is 6.40. The molecule has 0 amide bonds. The molecule has 0 aromatic heterocycles. The molecule has 2 rings (SSSR count). The topological polar surface area (TPSA) is 38.5 Å². The Morgan fingerprint density at radius 3 is 3.06 bits per heavy atom. The second-order valence-electron chi connectivity index (χ2n) is 4.86. The lowest BCUT2D eigenvalue weighted by atomic mass is 10.1. The van der Waals surface area contributed by atoms with Crippen molar-refractivity contribution in [2.45, 2.75) is 13.3 Å². The van der Waals surface area contributed by atoms with Crippen LogP contribution in [0.5, 0.6) is 5.75 Å². The number of aryl methyl sites for hydroxylation is 1. The van der Waals surface area contributed by atoms with Gasteiger partial charge in [-0.1, -0.05) is 12.1 Å². The smallest absolute Gasteiger partial charge is 0.119 e. The Balaban J connectivity index is 1.70. The van der Waals surface area contributed by atoms with E-state index < -0.39 is 0 Å². The molecule has 1 heterocycles. The third-order valence-electron chi connectivity index (χ3n) is 3.37. The van der Waals surface area contributed by atoms with Crippen molar-refractivity contribution in [3.63, 3.8) is 0 Å². The van der Waals surface area contributed by atoms with Crippen molar-refractivity contribution < 1.29 is 4.74 Å². The molecule has 17 heavy (non-hydrogen) atoms. The number of benzene rings is 1. The highest BCUT2D eigenvalue weighted by molar-refractivity contribution is 5.27. The predicted octanol–water partition coefficient (Wildman–Crippen LogP) is 1.65.